The van der Waals surface area contributed by atoms with E-state index in [4.69, 9.17) is 4.74 Å². The van der Waals surface area contributed by atoms with E-state index < -0.39 is 0 Å². The highest BCUT2D eigenvalue weighted by molar-refractivity contribution is 14.1. The molecule has 0 heterocycles. The Hall–Kier alpha value is -0.580. The van der Waals surface area contributed by atoms with Crippen molar-refractivity contribution in [3.05, 3.63) is 33.4 Å². The first kappa shape index (κ1) is 14.4. The van der Waals surface area contributed by atoms with Gasteiger partial charge in [0.25, 0.3) is 0 Å². The van der Waals surface area contributed by atoms with E-state index in [0.29, 0.717) is 11.5 Å². The van der Waals surface area contributed by atoms with Crippen molar-refractivity contribution in [2.45, 2.75) is 46.1 Å². The predicted molar refractivity (Wildman–Crippen MR) is 87.6 cm³/mol. The highest BCUT2D eigenvalue weighted by atomic mass is 127. The molecule has 2 saturated carbocycles. The van der Waals surface area contributed by atoms with Gasteiger partial charge in [-0.05, 0) is 65.3 Å². The maximum absolute atomic E-state index is 12.4. The molecule has 3 rings (SSSR count). The van der Waals surface area contributed by atoms with Crippen molar-refractivity contribution in [2.24, 2.45) is 16.7 Å². The van der Waals surface area contributed by atoms with Crippen LogP contribution in [0.2, 0.25) is 0 Å². The molecule has 20 heavy (non-hydrogen) atoms. The fraction of sp³-hybridized carbons (Fsp3) is 0.588. The van der Waals surface area contributed by atoms with Gasteiger partial charge in [-0.3, -0.25) is 0 Å². The zero-order chi connectivity index (χ0) is 14.5. The van der Waals surface area contributed by atoms with Gasteiger partial charge in [-0.2, -0.15) is 0 Å². The Morgan fingerprint density at radius 1 is 1.30 bits per heavy atom. The normalized spacial score (nSPS) is 34.2. The van der Waals surface area contributed by atoms with E-state index in [1.807, 2.05) is 24.3 Å². The van der Waals surface area contributed by atoms with Crippen LogP contribution in [0.1, 0.15) is 50.4 Å². The third-order valence-electron chi connectivity index (χ3n) is 6.06. The van der Waals surface area contributed by atoms with Crippen LogP contribution in [0, 0.1) is 20.3 Å². The summed E-state index contributed by atoms with van der Waals surface area (Å²) >= 11 is 2.20. The van der Waals surface area contributed by atoms with Crippen molar-refractivity contribution < 1.29 is 9.53 Å². The lowest BCUT2D eigenvalue weighted by Gasteiger charge is -2.38. The van der Waals surface area contributed by atoms with Crippen LogP contribution in [0.25, 0.3) is 0 Å². The molecule has 3 heteroatoms. The molecule has 0 radical (unpaired) electrons. The molecule has 2 bridgehead atoms. The van der Waals surface area contributed by atoms with E-state index in [2.05, 4.69) is 43.4 Å². The van der Waals surface area contributed by atoms with Crippen LogP contribution in [0.3, 0.4) is 0 Å². The van der Waals surface area contributed by atoms with Crippen molar-refractivity contribution in [3.63, 3.8) is 0 Å². The van der Waals surface area contributed by atoms with Crippen molar-refractivity contribution in [3.8, 4) is 0 Å². The molecule has 1 aromatic rings. The summed E-state index contributed by atoms with van der Waals surface area (Å²) in [6, 6.07) is 7.64. The molecule has 0 aromatic heterocycles. The minimum Gasteiger partial charge on any atom is -0.458 e. The fourth-order valence-electron chi connectivity index (χ4n) is 4.13. The first-order chi connectivity index (χ1) is 9.36. The number of esters is 1. The number of benzene rings is 1. The molecule has 2 fully saturated rings. The lowest BCUT2D eigenvalue weighted by molar-refractivity contribution is -0.0243. The molecule has 2 aliphatic carbocycles. The molecule has 2 nitrogen and oxygen atoms in total. The topological polar surface area (TPSA) is 26.3 Å². The highest BCUT2D eigenvalue weighted by Gasteiger charge is 2.62. The van der Waals surface area contributed by atoms with E-state index in [1.165, 1.54) is 12.8 Å². The Morgan fingerprint density at radius 3 is 2.55 bits per heavy atom. The predicted octanol–water partition coefficient (Wildman–Crippen LogP) is 4.66. The Balaban J connectivity index is 1.81. The van der Waals surface area contributed by atoms with E-state index >= 15 is 0 Å². The number of ether oxygens (including phenoxy) is 1. The summed E-state index contributed by atoms with van der Waals surface area (Å²) in [4.78, 5) is 12.4. The van der Waals surface area contributed by atoms with E-state index in [1.54, 1.807) is 0 Å². The molecule has 1 aromatic carbocycles. The summed E-state index contributed by atoms with van der Waals surface area (Å²) in [5.41, 5.74) is 1.10. The van der Waals surface area contributed by atoms with Gasteiger partial charge < -0.3 is 4.74 Å². The monoisotopic (exact) mass is 384 g/mol. The molecule has 108 valence electrons. The molecule has 3 unspecified atom stereocenters. The van der Waals surface area contributed by atoms with Crippen molar-refractivity contribution in [1.29, 1.82) is 0 Å². The van der Waals surface area contributed by atoms with Crippen LogP contribution in [0.15, 0.2) is 24.3 Å². The van der Waals surface area contributed by atoms with Gasteiger partial charge in [-0.1, -0.05) is 32.9 Å². The van der Waals surface area contributed by atoms with Gasteiger partial charge in [0.1, 0.15) is 6.10 Å². The fourth-order valence-corrected chi connectivity index (χ4v) is 4.74. The van der Waals surface area contributed by atoms with Crippen molar-refractivity contribution >= 4 is 28.6 Å². The summed E-state index contributed by atoms with van der Waals surface area (Å²) in [6.45, 7) is 6.98. The standard InChI is InChI=1S/C17H21IO2/c1-16(2)11-8-9-17(16,3)14(10-11)20-15(19)12-6-4-5-7-13(12)18/h4-7,11,14H,8-10H2,1-3H3. The van der Waals surface area contributed by atoms with Crippen LogP contribution in [-0.2, 0) is 4.74 Å². The molecule has 0 amide bonds. The van der Waals surface area contributed by atoms with Gasteiger partial charge in [0.2, 0.25) is 0 Å². The van der Waals surface area contributed by atoms with Gasteiger partial charge in [0.05, 0.1) is 5.56 Å². The van der Waals surface area contributed by atoms with Crippen LogP contribution >= 0.6 is 22.6 Å². The maximum atomic E-state index is 12.4. The van der Waals surface area contributed by atoms with Gasteiger partial charge in [-0.15, -0.1) is 0 Å². The average molecular weight is 384 g/mol. The molecule has 0 spiro atoms. The number of hydrogen-bond acceptors (Lipinski definition) is 2. The van der Waals surface area contributed by atoms with E-state index in [9.17, 15) is 4.79 Å². The first-order valence-electron chi connectivity index (χ1n) is 7.32. The van der Waals surface area contributed by atoms with Crippen LogP contribution in [-0.4, -0.2) is 12.1 Å². The summed E-state index contributed by atoms with van der Waals surface area (Å²) < 4.78 is 6.87. The third-order valence-corrected chi connectivity index (χ3v) is 7.00. The number of carbonyl (C=O) groups is 1. The Morgan fingerprint density at radius 2 is 2.00 bits per heavy atom. The average Bonchev–Trinajstić information content (AvgIpc) is 2.72. The van der Waals surface area contributed by atoms with Gasteiger partial charge in [-0.25, -0.2) is 4.79 Å². The maximum Gasteiger partial charge on any atom is 0.339 e. The first-order valence-corrected chi connectivity index (χ1v) is 8.39. The highest BCUT2D eigenvalue weighted by Crippen LogP contribution is 2.66. The van der Waals surface area contributed by atoms with Gasteiger partial charge in [0, 0.05) is 8.99 Å². The molecular formula is C17H21IO2. The van der Waals surface area contributed by atoms with Crippen molar-refractivity contribution in [1.82, 2.24) is 0 Å². The Labute approximate surface area is 134 Å². The van der Waals surface area contributed by atoms with Gasteiger partial charge in [0.15, 0.2) is 0 Å². The lowest BCUT2D eigenvalue weighted by atomic mass is 9.70. The molecule has 2 aliphatic rings. The number of fused-ring (bicyclic) bond motifs is 2. The summed E-state index contributed by atoms with van der Waals surface area (Å²) in [5, 5.41) is 0. The minimum atomic E-state index is -0.162. The summed E-state index contributed by atoms with van der Waals surface area (Å²) in [7, 11) is 0. The second kappa shape index (κ2) is 4.72. The number of hydrogen-bond donors (Lipinski definition) is 0. The molecule has 0 N–H and O–H groups in total. The molecular weight excluding hydrogens is 363 g/mol. The van der Waals surface area contributed by atoms with Crippen LogP contribution in [0.4, 0.5) is 0 Å². The lowest BCUT2D eigenvalue weighted by Crippen LogP contribution is -2.38. The zero-order valence-corrected chi connectivity index (χ0v) is 14.4. The quantitative estimate of drug-likeness (QED) is 0.548. The molecule has 3 atom stereocenters. The number of rotatable bonds is 2. The Bertz CT molecular complexity index is 552. The second-order valence-electron chi connectivity index (χ2n) is 6.98. The SMILES string of the molecule is CC1(C)C2CCC1(C)C(OC(=O)c1ccccc1I)C2. The zero-order valence-electron chi connectivity index (χ0n) is 12.3. The van der Waals surface area contributed by atoms with Crippen molar-refractivity contribution in [2.75, 3.05) is 0 Å². The minimum absolute atomic E-state index is 0.0692. The van der Waals surface area contributed by atoms with Crippen LogP contribution < -0.4 is 0 Å². The summed E-state index contributed by atoms with van der Waals surface area (Å²) in [6.07, 6.45) is 3.55. The third kappa shape index (κ3) is 1.92. The van der Waals surface area contributed by atoms with Gasteiger partial charge >= 0.3 is 5.97 Å². The second-order valence-corrected chi connectivity index (χ2v) is 8.15. The summed E-state index contributed by atoms with van der Waals surface area (Å²) in [5.74, 6) is 0.532. The molecule has 0 saturated heterocycles. The smallest absolute Gasteiger partial charge is 0.339 e. The Kier molecular flexibility index (Phi) is 3.39. The number of carbonyl (C=O) groups excluding carboxylic acids is 1. The largest absolute Gasteiger partial charge is 0.458 e. The van der Waals surface area contributed by atoms with E-state index in [-0.39, 0.29) is 22.9 Å². The van der Waals surface area contributed by atoms with Crippen LogP contribution in [0.5, 0.6) is 0 Å². The van der Waals surface area contributed by atoms with E-state index in [0.717, 1.165) is 9.99 Å². The number of halogens is 1. The molecule has 0 aliphatic heterocycles.